The SMILES string of the molecule is Cc1ccc([N+](=O)[O-])cc1S(=O)(=O)NC(=O)c1cccc(I)c1. The van der Waals surface area contributed by atoms with Gasteiger partial charge in [0, 0.05) is 21.3 Å². The number of hydrogen-bond acceptors (Lipinski definition) is 5. The number of sulfonamides is 1. The Labute approximate surface area is 146 Å². The van der Waals surface area contributed by atoms with E-state index in [0.29, 0.717) is 5.56 Å². The summed E-state index contributed by atoms with van der Waals surface area (Å²) in [5.41, 5.74) is 0.125. The Morgan fingerprint density at radius 2 is 1.91 bits per heavy atom. The van der Waals surface area contributed by atoms with Crippen LogP contribution in [0.1, 0.15) is 15.9 Å². The predicted molar refractivity (Wildman–Crippen MR) is 91.6 cm³/mol. The molecule has 0 bridgehead atoms. The lowest BCUT2D eigenvalue weighted by Crippen LogP contribution is -2.31. The summed E-state index contributed by atoms with van der Waals surface area (Å²) >= 11 is 2.00. The zero-order chi connectivity index (χ0) is 17.2. The van der Waals surface area contributed by atoms with Crippen molar-refractivity contribution in [3.05, 3.63) is 67.3 Å². The maximum atomic E-state index is 12.3. The molecule has 2 aromatic carbocycles. The maximum Gasteiger partial charge on any atom is 0.270 e. The number of benzene rings is 2. The first-order chi connectivity index (χ1) is 10.7. The molecule has 1 amide bonds. The van der Waals surface area contributed by atoms with Crippen molar-refractivity contribution >= 4 is 44.2 Å². The summed E-state index contributed by atoms with van der Waals surface area (Å²) in [6, 6.07) is 9.86. The smallest absolute Gasteiger partial charge is 0.268 e. The second kappa shape index (κ2) is 6.62. The Morgan fingerprint density at radius 3 is 2.52 bits per heavy atom. The molecule has 0 aliphatic heterocycles. The Balaban J connectivity index is 2.37. The molecule has 0 atom stereocenters. The average molecular weight is 446 g/mol. The molecule has 120 valence electrons. The van der Waals surface area contributed by atoms with Crippen molar-refractivity contribution in [1.29, 1.82) is 0 Å². The van der Waals surface area contributed by atoms with Crippen LogP contribution in [-0.4, -0.2) is 19.2 Å². The number of carbonyl (C=O) groups is 1. The van der Waals surface area contributed by atoms with Gasteiger partial charge in [0.05, 0.1) is 9.82 Å². The molecule has 0 radical (unpaired) electrons. The number of aryl methyl sites for hydroxylation is 1. The minimum Gasteiger partial charge on any atom is -0.268 e. The first-order valence-electron chi connectivity index (χ1n) is 6.28. The second-order valence-corrected chi connectivity index (χ2v) is 7.55. The van der Waals surface area contributed by atoms with E-state index in [2.05, 4.69) is 0 Å². The Bertz CT molecular complexity index is 896. The number of carbonyl (C=O) groups excluding carboxylic acids is 1. The maximum absolute atomic E-state index is 12.3. The molecule has 0 fully saturated rings. The van der Waals surface area contributed by atoms with Crippen LogP contribution in [0.3, 0.4) is 0 Å². The van der Waals surface area contributed by atoms with Gasteiger partial charge in [0.25, 0.3) is 21.6 Å². The molecule has 0 saturated heterocycles. The number of rotatable bonds is 4. The van der Waals surface area contributed by atoms with Gasteiger partial charge in [-0.05, 0) is 53.3 Å². The van der Waals surface area contributed by atoms with Gasteiger partial charge < -0.3 is 0 Å². The number of non-ortho nitro benzene ring substituents is 1. The number of nitrogens with zero attached hydrogens (tertiary/aromatic N) is 1. The Hall–Kier alpha value is -2.01. The van der Waals surface area contributed by atoms with Crippen molar-refractivity contribution in [2.75, 3.05) is 0 Å². The van der Waals surface area contributed by atoms with E-state index in [4.69, 9.17) is 0 Å². The zero-order valence-corrected chi connectivity index (χ0v) is 14.8. The van der Waals surface area contributed by atoms with Crippen LogP contribution < -0.4 is 4.72 Å². The third kappa shape index (κ3) is 4.05. The highest BCUT2D eigenvalue weighted by atomic mass is 127. The monoisotopic (exact) mass is 446 g/mol. The summed E-state index contributed by atoms with van der Waals surface area (Å²) in [6.07, 6.45) is 0. The Kier molecular flexibility index (Phi) is 5.00. The minimum absolute atomic E-state index is 0.184. The number of nitro benzene ring substituents is 1. The number of nitro groups is 1. The van der Waals surface area contributed by atoms with Crippen molar-refractivity contribution in [2.45, 2.75) is 11.8 Å². The highest BCUT2D eigenvalue weighted by Crippen LogP contribution is 2.22. The molecule has 1 N–H and O–H groups in total. The van der Waals surface area contributed by atoms with E-state index in [-0.39, 0.29) is 16.1 Å². The molecule has 0 heterocycles. The molecule has 0 aliphatic rings. The molecule has 7 nitrogen and oxygen atoms in total. The van der Waals surface area contributed by atoms with Crippen molar-refractivity contribution in [3.63, 3.8) is 0 Å². The van der Waals surface area contributed by atoms with E-state index in [9.17, 15) is 23.3 Å². The molecular weight excluding hydrogens is 435 g/mol. The zero-order valence-electron chi connectivity index (χ0n) is 11.8. The molecule has 9 heteroatoms. The first kappa shape index (κ1) is 17.3. The van der Waals surface area contributed by atoms with Gasteiger partial charge in [0.15, 0.2) is 0 Å². The van der Waals surface area contributed by atoms with Crippen LogP contribution in [0.5, 0.6) is 0 Å². The number of nitrogens with one attached hydrogen (secondary N) is 1. The Morgan fingerprint density at radius 1 is 1.22 bits per heavy atom. The van der Waals surface area contributed by atoms with Crippen molar-refractivity contribution < 1.29 is 18.1 Å². The molecule has 2 rings (SSSR count). The lowest BCUT2D eigenvalue weighted by Gasteiger charge is -2.09. The standard InChI is InChI=1S/C14H11IN2O5S/c1-9-5-6-12(17(19)20)8-13(9)23(21,22)16-14(18)10-3-2-4-11(15)7-10/h2-8H,1H3,(H,16,18). The van der Waals surface area contributed by atoms with Crippen LogP contribution >= 0.6 is 22.6 Å². The van der Waals surface area contributed by atoms with Gasteiger partial charge in [-0.15, -0.1) is 0 Å². The van der Waals surface area contributed by atoms with Crippen molar-refractivity contribution in [1.82, 2.24) is 4.72 Å². The van der Waals surface area contributed by atoms with E-state index >= 15 is 0 Å². The van der Waals surface area contributed by atoms with Crippen LogP contribution in [0, 0.1) is 20.6 Å². The molecule has 23 heavy (non-hydrogen) atoms. The van der Waals surface area contributed by atoms with Crippen LogP contribution in [0.25, 0.3) is 0 Å². The minimum atomic E-state index is -4.21. The summed E-state index contributed by atoms with van der Waals surface area (Å²) in [5, 5.41) is 10.8. The first-order valence-corrected chi connectivity index (χ1v) is 8.84. The number of halogens is 1. The van der Waals surface area contributed by atoms with E-state index in [1.165, 1.54) is 31.2 Å². The summed E-state index contributed by atoms with van der Waals surface area (Å²) in [7, 11) is -4.21. The van der Waals surface area contributed by atoms with E-state index < -0.39 is 20.9 Å². The highest BCUT2D eigenvalue weighted by Gasteiger charge is 2.23. The highest BCUT2D eigenvalue weighted by molar-refractivity contribution is 14.1. The number of hydrogen-bond donors (Lipinski definition) is 1. The lowest BCUT2D eigenvalue weighted by molar-refractivity contribution is -0.385. The van der Waals surface area contributed by atoms with Gasteiger partial charge >= 0.3 is 0 Å². The third-order valence-corrected chi connectivity index (χ3v) is 5.13. The van der Waals surface area contributed by atoms with E-state index in [1.807, 2.05) is 27.3 Å². The fourth-order valence-electron chi connectivity index (χ4n) is 1.86. The number of amides is 1. The lowest BCUT2D eigenvalue weighted by atomic mass is 10.2. The van der Waals surface area contributed by atoms with Crippen LogP contribution in [0.4, 0.5) is 5.69 Å². The van der Waals surface area contributed by atoms with Crippen LogP contribution in [0.2, 0.25) is 0 Å². The fourth-order valence-corrected chi connectivity index (χ4v) is 3.64. The van der Waals surface area contributed by atoms with Gasteiger partial charge in [0.2, 0.25) is 0 Å². The van der Waals surface area contributed by atoms with Crippen molar-refractivity contribution in [3.8, 4) is 0 Å². The second-order valence-electron chi connectivity index (χ2n) is 4.65. The summed E-state index contributed by atoms with van der Waals surface area (Å²) in [6.45, 7) is 1.49. The van der Waals surface area contributed by atoms with E-state index in [0.717, 1.165) is 9.64 Å². The normalized spacial score (nSPS) is 11.0. The van der Waals surface area contributed by atoms with Gasteiger partial charge in [-0.2, -0.15) is 0 Å². The largest absolute Gasteiger partial charge is 0.270 e. The third-order valence-electron chi connectivity index (χ3n) is 2.99. The van der Waals surface area contributed by atoms with Crippen LogP contribution in [0.15, 0.2) is 47.4 Å². The average Bonchev–Trinajstić information content (AvgIpc) is 2.46. The van der Waals surface area contributed by atoms with Crippen LogP contribution in [-0.2, 0) is 10.0 Å². The fraction of sp³-hybridized carbons (Fsp3) is 0.0714. The molecule has 0 unspecified atom stereocenters. The quantitative estimate of drug-likeness (QED) is 0.442. The molecule has 0 saturated carbocycles. The van der Waals surface area contributed by atoms with Gasteiger partial charge in [-0.1, -0.05) is 12.1 Å². The summed E-state index contributed by atoms with van der Waals surface area (Å²) < 4.78 is 27.4. The molecule has 0 aromatic heterocycles. The molecular formula is C14H11IN2O5S. The summed E-state index contributed by atoms with van der Waals surface area (Å²) in [4.78, 5) is 21.9. The molecule has 2 aromatic rings. The van der Waals surface area contributed by atoms with Gasteiger partial charge in [0.1, 0.15) is 0 Å². The molecule has 0 spiro atoms. The van der Waals surface area contributed by atoms with Gasteiger partial charge in [-0.3, -0.25) is 14.9 Å². The van der Waals surface area contributed by atoms with Gasteiger partial charge in [-0.25, -0.2) is 13.1 Å². The predicted octanol–water partition coefficient (Wildman–Crippen LogP) is 2.63. The molecule has 0 aliphatic carbocycles. The van der Waals surface area contributed by atoms with Crippen molar-refractivity contribution in [2.24, 2.45) is 0 Å². The summed E-state index contributed by atoms with van der Waals surface area (Å²) in [5.74, 6) is -0.797. The van der Waals surface area contributed by atoms with E-state index in [1.54, 1.807) is 12.1 Å². The topological polar surface area (TPSA) is 106 Å².